The molecule has 0 unspecified atom stereocenters. The third kappa shape index (κ3) is 20.0. The maximum Gasteiger partial charge on any atom is 0.311 e. The molecule has 3 saturated heterocycles. The van der Waals surface area contributed by atoms with Crippen molar-refractivity contribution in [1.82, 2.24) is 4.90 Å². The Labute approximate surface area is 428 Å². The number of aliphatic hydroxyl groups is 5. The van der Waals surface area contributed by atoms with E-state index < -0.39 is 114 Å². The summed E-state index contributed by atoms with van der Waals surface area (Å²) in [5, 5.41) is 66.1. The molecule has 3 fully saturated rings. The third-order valence-electron chi connectivity index (χ3n) is 15.8. The van der Waals surface area contributed by atoms with Crippen molar-refractivity contribution in [3.05, 3.63) is 0 Å². The number of nitrogens with zero attached hydrogens (tertiary/aromatic N) is 1. The smallest absolute Gasteiger partial charge is 0.311 e. The van der Waals surface area contributed by atoms with Crippen LogP contribution in [0, 0.1) is 23.7 Å². The number of cyclic esters (lactones) is 1. The zero-order valence-electron chi connectivity index (χ0n) is 46.6. The molecule has 0 saturated carbocycles. The van der Waals surface area contributed by atoms with Crippen LogP contribution in [0.15, 0.2) is 0 Å². The lowest BCUT2D eigenvalue weighted by Gasteiger charge is -2.49. The van der Waals surface area contributed by atoms with Crippen LogP contribution >= 0.6 is 0 Å². The lowest BCUT2D eigenvalue weighted by atomic mass is 9.74. The number of Topliss-reactive ketones (excluding diaryl/α,β-unsaturated/α-hetero) is 1. The quantitative estimate of drug-likeness (QED) is 0.0419. The Morgan fingerprint density at radius 1 is 0.732 bits per heavy atom. The average molecular weight is 1020 g/mol. The van der Waals surface area contributed by atoms with Gasteiger partial charge in [-0.2, -0.15) is 0 Å². The molecule has 418 valence electrons. The second-order valence-electron chi connectivity index (χ2n) is 22.6. The summed E-state index contributed by atoms with van der Waals surface area (Å²) < 4.78 is 37.1. The summed E-state index contributed by atoms with van der Waals surface area (Å²) in [6.07, 6.45) is 10.5. The van der Waals surface area contributed by atoms with Crippen LogP contribution in [0.2, 0.25) is 0 Å². The van der Waals surface area contributed by atoms with Gasteiger partial charge < -0.3 is 64.0 Å². The highest BCUT2D eigenvalue weighted by molar-refractivity contribution is 5.83. The van der Waals surface area contributed by atoms with Gasteiger partial charge in [0.1, 0.15) is 29.7 Å². The molecule has 0 aromatic heterocycles. The van der Waals surface area contributed by atoms with Gasteiger partial charge in [0.25, 0.3) is 0 Å². The number of carboxylic acid groups (broad SMARTS) is 1. The molecule has 3 aliphatic rings. The van der Waals surface area contributed by atoms with Crippen molar-refractivity contribution in [1.29, 1.82) is 0 Å². The van der Waals surface area contributed by atoms with Crippen molar-refractivity contribution in [2.24, 2.45) is 23.7 Å². The van der Waals surface area contributed by atoms with Crippen LogP contribution in [0.1, 0.15) is 205 Å². The SMILES string of the molecule is CCCCCCCCCCCCCCCCCC(=O)O.CC[C@H]1OC(=O)[C@H](C)[C@@H](O[C@H]2C[C@@](C)(OC)[C@@H](O)[C@H](C)O2)[C@@H](C)[C@@H](O[C@@H]2O[C@H](C)C[C@H](N(C)C)[C@H]2O)[C@](C)(O)C[C@@H](C)C(=O)[C@H](C)[C@H](O)[C@]1(C)O. The van der Waals surface area contributed by atoms with Crippen molar-refractivity contribution >= 4 is 17.7 Å². The summed E-state index contributed by atoms with van der Waals surface area (Å²) in [7, 11) is 5.18. The highest BCUT2D eigenvalue weighted by Gasteiger charge is 2.53. The van der Waals surface area contributed by atoms with Gasteiger partial charge in [-0.15, -0.1) is 0 Å². The topological polar surface area (TPSA) is 231 Å². The molecular formula is C55H103NO15. The zero-order chi connectivity index (χ0) is 53.9. The first kappa shape index (κ1) is 65.3. The van der Waals surface area contributed by atoms with Crippen LogP contribution in [-0.4, -0.2) is 159 Å². The van der Waals surface area contributed by atoms with E-state index in [0.717, 1.165) is 12.8 Å². The van der Waals surface area contributed by atoms with Crippen molar-refractivity contribution in [3.63, 3.8) is 0 Å². The van der Waals surface area contributed by atoms with Gasteiger partial charge in [0.15, 0.2) is 12.6 Å². The second kappa shape index (κ2) is 31.3. The highest BCUT2D eigenvalue weighted by atomic mass is 16.7. The first-order chi connectivity index (χ1) is 33.2. The molecule has 71 heavy (non-hydrogen) atoms. The summed E-state index contributed by atoms with van der Waals surface area (Å²) in [5.74, 6) is -5.63. The molecule has 0 aromatic carbocycles. The molecule has 16 nitrogen and oxygen atoms in total. The summed E-state index contributed by atoms with van der Waals surface area (Å²) in [6.45, 7) is 18.6. The number of unbranched alkanes of at least 4 members (excludes halogenated alkanes) is 14. The minimum absolute atomic E-state index is 0.0936. The Bertz CT molecular complexity index is 1530. The lowest BCUT2D eigenvalue weighted by molar-refractivity contribution is -0.318. The van der Waals surface area contributed by atoms with E-state index >= 15 is 0 Å². The number of hydrogen-bond donors (Lipinski definition) is 6. The van der Waals surface area contributed by atoms with E-state index in [0.29, 0.717) is 12.8 Å². The number of esters is 1. The van der Waals surface area contributed by atoms with Crippen molar-refractivity contribution in [2.75, 3.05) is 21.2 Å². The van der Waals surface area contributed by atoms with Crippen LogP contribution in [0.4, 0.5) is 0 Å². The van der Waals surface area contributed by atoms with Gasteiger partial charge in [-0.1, -0.05) is 125 Å². The zero-order valence-corrected chi connectivity index (χ0v) is 46.6. The Morgan fingerprint density at radius 2 is 1.25 bits per heavy atom. The molecule has 0 bridgehead atoms. The number of carboxylic acids is 1. The van der Waals surface area contributed by atoms with E-state index in [1.54, 1.807) is 41.5 Å². The van der Waals surface area contributed by atoms with Gasteiger partial charge in [-0.05, 0) is 81.3 Å². The van der Waals surface area contributed by atoms with Gasteiger partial charge in [0.2, 0.25) is 0 Å². The largest absolute Gasteiger partial charge is 0.481 e. The molecule has 3 heterocycles. The van der Waals surface area contributed by atoms with Crippen molar-refractivity contribution in [2.45, 2.75) is 289 Å². The Morgan fingerprint density at radius 3 is 1.73 bits per heavy atom. The van der Waals surface area contributed by atoms with Gasteiger partial charge in [0, 0.05) is 43.7 Å². The first-order valence-electron chi connectivity index (χ1n) is 27.5. The number of ketones is 1. The van der Waals surface area contributed by atoms with Crippen LogP contribution in [0.5, 0.6) is 0 Å². The van der Waals surface area contributed by atoms with E-state index in [-0.39, 0.29) is 31.4 Å². The normalized spacial score (nSPS) is 38.8. The van der Waals surface area contributed by atoms with E-state index in [1.807, 2.05) is 25.9 Å². The molecule has 18 atom stereocenters. The van der Waals surface area contributed by atoms with E-state index in [9.17, 15) is 39.9 Å². The molecule has 16 heteroatoms. The van der Waals surface area contributed by atoms with Gasteiger partial charge in [-0.25, -0.2) is 0 Å². The number of carbonyl (C=O) groups excluding carboxylic acids is 2. The van der Waals surface area contributed by atoms with E-state index in [2.05, 4.69) is 6.92 Å². The van der Waals surface area contributed by atoms with Gasteiger partial charge in [-0.3, -0.25) is 14.4 Å². The van der Waals surface area contributed by atoms with Crippen molar-refractivity contribution < 1.29 is 73.4 Å². The lowest BCUT2D eigenvalue weighted by Crippen LogP contribution is -2.61. The van der Waals surface area contributed by atoms with E-state index in [4.69, 9.17) is 33.5 Å². The highest BCUT2D eigenvalue weighted by Crippen LogP contribution is 2.41. The number of aliphatic carboxylic acids is 1. The van der Waals surface area contributed by atoms with E-state index in [1.165, 1.54) is 111 Å². The molecule has 0 aromatic rings. The standard InChI is InChI=1S/C37H67NO13.C18H36O2/c1-14-25-37(10,45)30(41)20(4)27(39)18(2)16-35(8,44)32(51-34-28(40)24(38(11)12)15-19(3)47-34)21(5)29(22(6)33(43)49-25)50-26-17-36(9,46-13)31(42)23(7)48-26;1-2-3-4-5-6-7-8-9-10-11-12-13-14-15-16-17-18(19)20/h18-26,28-32,34,40-42,44-45H,14-17H2,1-13H3;2-17H2,1H3,(H,19,20)/t18-,19-,20+,21-,22-,23+,24+,25-,26+,28-,29+,30+,31+,32-,34+,35-,36-,37-;/m1./s1. The van der Waals surface area contributed by atoms with Gasteiger partial charge in [0.05, 0.1) is 47.6 Å². The summed E-state index contributed by atoms with van der Waals surface area (Å²) in [4.78, 5) is 40.1. The fraction of sp³-hybridized carbons (Fsp3) is 0.945. The number of likely N-dealkylation sites (N-methyl/N-ethyl adjacent to an activating group) is 1. The fourth-order valence-corrected chi connectivity index (χ4v) is 11.1. The molecule has 0 radical (unpaired) electrons. The monoisotopic (exact) mass is 1020 g/mol. The number of methoxy groups -OCH3 is 1. The minimum atomic E-state index is -1.99. The number of carbonyl (C=O) groups is 3. The average Bonchev–Trinajstić information content (AvgIpc) is 3.31. The summed E-state index contributed by atoms with van der Waals surface area (Å²) >= 11 is 0. The maximum absolute atomic E-state index is 14.1. The Kier molecular flexibility index (Phi) is 28.8. The molecule has 3 aliphatic heterocycles. The molecule has 0 amide bonds. The Balaban J connectivity index is 0.000000725. The minimum Gasteiger partial charge on any atom is -0.481 e. The molecule has 3 rings (SSSR count). The first-order valence-corrected chi connectivity index (χ1v) is 27.5. The molecule has 0 spiro atoms. The molecular weight excluding hydrogens is 915 g/mol. The van der Waals surface area contributed by atoms with Crippen molar-refractivity contribution in [3.8, 4) is 0 Å². The number of ether oxygens (including phenoxy) is 6. The summed E-state index contributed by atoms with van der Waals surface area (Å²) in [5.41, 5.74) is -4.84. The molecule has 0 aliphatic carbocycles. The van der Waals surface area contributed by atoms with Crippen LogP contribution in [-0.2, 0) is 42.8 Å². The third-order valence-corrected chi connectivity index (χ3v) is 15.8. The summed E-state index contributed by atoms with van der Waals surface area (Å²) in [6, 6.07) is -0.324. The number of rotatable bonds is 23. The number of hydrogen-bond acceptors (Lipinski definition) is 15. The molecule has 6 N–H and O–H groups in total. The predicted molar refractivity (Wildman–Crippen MR) is 273 cm³/mol. The van der Waals surface area contributed by atoms with Crippen LogP contribution < -0.4 is 0 Å². The second-order valence-corrected chi connectivity index (χ2v) is 22.6. The van der Waals surface area contributed by atoms with Gasteiger partial charge >= 0.3 is 11.9 Å². The fourth-order valence-electron chi connectivity index (χ4n) is 11.1. The van der Waals surface area contributed by atoms with Crippen LogP contribution in [0.3, 0.4) is 0 Å². The predicted octanol–water partition coefficient (Wildman–Crippen LogP) is 8.12. The number of aliphatic hydroxyl groups excluding tert-OH is 3. The Hall–Kier alpha value is -1.83. The maximum atomic E-state index is 14.1. The van der Waals surface area contributed by atoms with Crippen LogP contribution in [0.25, 0.3) is 0 Å².